The van der Waals surface area contributed by atoms with Gasteiger partial charge in [-0.3, -0.25) is 0 Å². The van der Waals surface area contributed by atoms with Crippen LogP contribution in [0.3, 0.4) is 0 Å². The molecule has 4 heteroatoms. The molecule has 0 aliphatic carbocycles. The summed E-state index contributed by atoms with van der Waals surface area (Å²) >= 11 is 0. The van der Waals surface area contributed by atoms with E-state index < -0.39 is 0 Å². The molecule has 0 saturated carbocycles. The summed E-state index contributed by atoms with van der Waals surface area (Å²) in [4.78, 5) is 0. The molecular formula is C13H21NO3. The van der Waals surface area contributed by atoms with Gasteiger partial charge in [-0.1, -0.05) is 12.1 Å². The molecule has 96 valence electrons. The van der Waals surface area contributed by atoms with Crippen molar-refractivity contribution in [2.75, 3.05) is 45.9 Å². The van der Waals surface area contributed by atoms with Crippen molar-refractivity contribution in [1.29, 1.82) is 0 Å². The molecule has 0 heterocycles. The SMILES string of the molecule is COCCOCCCNc1ccccc1OC. The van der Waals surface area contributed by atoms with E-state index in [4.69, 9.17) is 14.2 Å². The molecule has 1 aromatic rings. The van der Waals surface area contributed by atoms with E-state index in [1.54, 1.807) is 14.2 Å². The zero-order valence-corrected chi connectivity index (χ0v) is 10.6. The fourth-order valence-corrected chi connectivity index (χ4v) is 1.43. The summed E-state index contributed by atoms with van der Waals surface area (Å²) in [6.45, 7) is 2.92. The van der Waals surface area contributed by atoms with E-state index in [1.165, 1.54) is 0 Å². The zero-order valence-electron chi connectivity index (χ0n) is 10.6. The Labute approximate surface area is 103 Å². The molecular weight excluding hydrogens is 218 g/mol. The van der Waals surface area contributed by atoms with Gasteiger partial charge in [0.25, 0.3) is 0 Å². The number of nitrogens with one attached hydrogen (secondary N) is 1. The quantitative estimate of drug-likeness (QED) is 0.670. The van der Waals surface area contributed by atoms with Crippen LogP contribution >= 0.6 is 0 Å². The first-order valence-electron chi connectivity index (χ1n) is 5.82. The molecule has 0 radical (unpaired) electrons. The first-order chi connectivity index (χ1) is 8.38. The van der Waals surface area contributed by atoms with Crippen LogP contribution in [0.1, 0.15) is 6.42 Å². The van der Waals surface area contributed by atoms with Gasteiger partial charge < -0.3 is 19.5 Å². The van der Waals surface area contributed by atoms with Crippen LogP contribution in [0.15, 0.2) is 24.3 Å². The van der Waals surface area contributed by atoms with E-state index in [0.717, 1.165) is 31.0 Å². The molecule has 0 aliphatic rings. The minimum atomic E-state index is 0.653. The number of methoxy groups -OCH3 is 2. The van der Waals surface area contributed by atoms with Crippen molar-refractivity contribution in [1.82, 2.24) is 0 Å². The molecule has 0 aromatic heterocycles. The third kappa shape index (κ3) is 5.56. The van der Waals surface area contributed by atoms with Gasteiger partial charge in [-0.25, -0.2) is 0 Å². The number of ether oxygens (including phenoxy) is 3. The molecule has 1 rings (SSSR count). The monoisotopic (exact) mass is 239 g/mol. The number of hydrogen-bond acceptors (Lipinski definition) is 4. The smallest absolute Gasteiger partial charge is 0.141 e. The molecule has 0 fully saturated rings. The Morgan fingerprint density at radius 2 is 1.88 bits per heavy atom. The summed E-state index contributed by atoms with van der Waals surface area (Å²) in [5.74, 6) is 0.868. The maximum absolute atomic E-state index is 5.37. The van der Waals surface area contributed by atoms with Gasteiger partial charge in [-0.05, 0) is 18.6 Å². The standard InChI is InChI=1S/C13H21NO3/c1-15-10-11-17-9-5-8-14-12-6-3-4-7-13(12)16-2/h3-4,6-7,14H,5,8-11H2,1-2H3. The average molecular weight is 239 g/mol. The third-order valence-corrected chi connectivity index (χ3v) is 2.32. The van der Waals surface area contributed by atoms with Crippen molar-refractivity contribution >= 4 is 5.69 Å². The Kier molecular flexibility index (Phi) is 7.18. The zero-order chi connectivity index (χ0) is 12.3. The van der Waals surface area contributed by atoms with Gasteiger partial charge in [0.2, 0.25) is 0 Å². The maximum Gasteiger partial charge on any atom is 0.141 e. The minimum Gasteiger partial charge on any atom is -0.495 e. The van der Waals surface area contributed by atoms with Crippen molar-refractivity contribution in [2.45, 2.75) is 6.42 Å². The molecule has 0 amide bonds. The van der Waals surface area contributed by atoms with Crippen LogP contribution in [0.5, 0.6) is 5.75 Å². The lowest BCUT2D eigenvalue weighted by atomic mass is 10.3. The number of benzene rings is 1. The Morgan fingerprint density at radius 3 is 2.65 bits per heavy atom. The van der Waals surface area contributed by atoms with E-state index in [-0.39, 0.29) is 0 Å². The lowest BCUT2D eigenvalue weighted by Crippen LogP contribution is -2.08. The van der Waals surface area contributed by atoms with E-state index in [1.807, 2.05) is 24.3 Å². The second-order valence-electron chi connectivity index (χ2n) is 3.59. The topological polar surface area (TPSA) is 39.7 Å². The van der Waals surface area contributed by atoms with E-state index in [2.05, 4.69) is 5.32 Å². The van der Waals surface area contributed by atoms with Crippen molar-refractivity contribution in [3.63, 3.8) is 0 Å². The molecule has 0 bridgehead atoms. The van der Waals surface area contributed by atoms with Gasteiger partial charge in [0.05, 0.1) is 26.0 Å². The summed E-state index contributed by atoms with van der Waals surface area (Å²) in [6, 6.07) is 7.89. The number of anilines is 1. The van der Waals surface area contributed by atoms with Crippen LogP contribution in [-0.2, 0) is 9.47 Å². The first-order valence-corrected chi connectivity index (χ1v) is 5.82. The molecule has 0 spiro atoms. The fraction of sp³-hybridized carbons (Fsp3) is 0.538. The Bertz CT molecular complexity index is 304. The predicted molar refractivity (Wildman–Crippen MR) is 68.8 cm³/mol. The van der Waals surface area contributed by atoms with Crippen LogP contribution < -0.4 is 10.1 Å². The highest BCUT2D eigenvalue weighted by Crippen LogP contribution is 2.22. The second kappa shape index (κ2) is 8.84. The molecule has 4 nitrogen and oxygen atoms in total. The minimum absolute atomic E-state index is 0.653. The van der Waals surface area contributed by atoms with Gasteiger partial charge in [0, 0.05) is 20.3 Å². The van der Waals surface area contributed by atoms with Crippen molar-refractivity contribution in [3.8, 4) is 5.75 Å². The molecule has 1 aromatic carbocycles. The highest BCUT2D eigenvalue weighted by Gasteiger charge is 1.99. The Hall–Kier alpha value is -1.26. The summed E-state index contributed by atoms with van der Waals surface area (Å²) in [7, 11) is 3.35. The van der Waals surface area contributed by atoms with Crippen LogP contribution in [0.2, 0.25) is 0 Å². The largest absolute Gasteiger partial charge is 0.495 e. The molecule has 0 saturated heterocycles. The Morgan fingerprint density at radius 1 is 1.06 bits per heavy atom. The molecule has 0 unspecified atom stereocenters. The van der Waals surface area contributed by atoms with Gasteiger partial charge in [-0.15, -0.1) is 0 Å². The Balaban J connectivity index is 2.13. The van der Waals surface area contributed by atoms with Gasteiger partial charge in [0.15, 0.2) is 0 Å². The maximum atomic E-state index is 5.37. The summed E-state index contributed by atoms with van der Waals surface area (Å²) in [6.07, 6.45) is 0.960. The highest BCUT2D eigenvalue weighted by atomic mass is 16.5. The summed E-state index contributed by atoms with van der Waals surface area (Å²) < 4.78 is 15.5. The van der Waals surface area contributed by atoms with Crippen molar-refractivity contribution in [2.24, 2.45) is 0 Å². The first kappa shape index (κ1) is 13.8. The highest BCUT2D eigenvalue weighted by molar-refractivity contribution is 5.55. The van der Waals surface area contributed by atoms with E-state index in [9.17, 15) is 0 Å². The van der Waals surface area contributed by atoms with Crippen molar-refractivity contribution < 1.29 is 14.2 Å². The normalized spacial score (nSPS) is 10.2. The van der Waals surface area contributed by atoms with Gasteiger partial charge in [-0.2, -0.15) is 0 Å². The van der Waals surface area contributed by atoms with Crippen LogP contribution in [0.25, 0.3) is 0 Å². The molecule has 17 heavy (non-hydrogen) atoms. The average Bonchev–Trinajstić information content (AvgIpc) is 2.38. The van der Waals surface area contributed by atoms with Crippen LogP contribution in [0, 0.1) is 0 Å². The van der Waals surface area contributed by atoms with E-state index >= 15 is 0 Å². The molecule has 1 N–H and O–H groups in total. The van der Waals surface area contributed by atoms with E-state index in [0.29, 0.717) is 13.2 Å². The number of hydrogen-bond donors (Lipinski definition) is 1. The van der Waals surface area contributed by atoms with Crippen molar-refractivity contribution in [3.05, 3.63) is 24.3 Å². The molecule has 0 aliphatic heterocycles. The summed E-state index contributed by atoms with van der Waals surface area (Å²) in [5.41, 5.74) is 1.02. The predicted octanol–water partition coefficient (Wildman–Crippen LogP) is 2.16. The molecule has 0 atom stereocenters. The fourth-order valence-electron chi connectivity index (χ4n) is 1.43. The number of para-hydroxylation sites is 2. The second-order valence-corrected chi connectivity index (χ2v) is 3.59. The third-order valence-electron chi connectivity index (χ3n) is 2.32. The lowest BCUT2D eigenvalue weighted by molar-refractivity contribution is 0.0705. The van der Waals surface area contributed by atoms with Crippen LogP contribution in [0.4, 0.5) is 5.69 Å². The van der Waals surface area contributed by atoms with Crippen LogP contribution in [-0.4, -0.2) is 40.6 Å². The lowest BCUT2D eigenvalue weighted by Gasteiger charge is -2.10. The summed E-state index contributed by atoms with van der Waals surface area (Å²) in [5, 5.41) is 3.32. The number of rotatable bonds is 9. The van der Waals surface area contributed by atoms with Gasteiger partial charge in [0.1, 0.15) is 5.75 Å². The van der Waals surface area contributed by atoms with Gasteiger partial charge >= 0.3 is 0 Å².